The van der Waals surface area contributed by atoms with Gasteiger partial charge in [0.25, 0.3) is 11.8 Å². The standard InChI is InChI=1S/C20H21N5O5/c21-17(27)15-9-29-20(24-15)14(8-11-3-5-12(26)6-4-11)23-18(28)16-10-30-19(25-16)13-2-1-7-22-13/h3-6,9-10,13-14,22,26H,1-2,7-8H2,(H2,21,27)(H,23,28)/t13-,14-/m0/s1. The Labute approximate surface area is 171 Å². The van der Waals surface area contributed by atoms with Crippen molar-refractivity contribution in [2.75, 3.05) is 6.54 Å². The molecule has 0 aliphatic carbocycles. The first-order chi connectivity index (χ1) is 14.5. The zero-order valence-corrected chi connectivity index (χ0v) is 16.0. The molecule has 10 heteroatoms. The first-order valence-corrected chi connectivity index (χ1v) is 9.52. The third-order valence-electron chi connectivity index (χ3n) is 4.87. The Morgan fingerprint density at radius 1 is 1.20 bits per heavy atom. The van der Waals surface area contributed by atoms with Crippen LogP contribution in [0.3, 0.4) is 0 Å². The van der Waals surface area contributed by atoms with Gasteiger partial charge < -0.3 is 30.3 Å². The van der Waals surface area contributed by atoms with Gasteiger partial charge in [-0.05, 0) is 37.1 Å². The minimum absolute atomic E-state index is 0.00390. The van der Waals surface area contributed by atoms with Gasteiger partial charge in [-0.3, -0.25) is 9.59 Å². The van der Waals surface area contributed by atoms with Gasteiger partial charge in [-0.1, -0.05) is 12.1 Å². The van der Waals surface area contributed by atoms with Gasteiger partial charge >= 0.3 is 0 Å². The number of nitrogens with zero attached hydrogens (tertiary/aromatic N) is 2. The molecule has 0 saturated carbocycles. The third-order valence-corrected chi connectivity index (χ3v) is 4.87. The number of benzene rings is 1. The molecule has 4 rings (SSSR count). The maximum Gasteiger partial charge on any atom is 0.273 e. The fourth-order valence-corrected chi connectivity index (χ4v) is 3.31. The molecule has 2 atom stereocenters. The Morgan fingerprint density at radius 3 is 2.63 bits per heavy atom. The summed E-state index contributed by atoms with van der Waals surface area (Å²) in [5.74, 6) is -0.469. The summed E-state index contributed by atoms with van der Waals surface area (Å²) in [5.41, 5.74) is 6.16. The average Bonchev–Trinajstić information content (AvgIpc) is 3.49. The van der Waals surface area contributed by atoms with Crippen molar-refractivity contribution < 1.29 is 23.5 Å². The van der Waals surface area contributed by atoms with Crippen LogP contribution in [0.1, 0.15) is 63.2 Å². The van der Waals surface area contributed by atoms with Crippen LogP contribution in [-0.2, 0) is 6.42 Å². The number of aromatic hydroxyl groups is 1. The topological polar surface area (TPSA) is 157 Å². The Hall–Kier alpha value is -3.66. The van der Waals surface area contributed by atoms with Crippen LogP contribution in [0.5, 0.6) is 5.75 Å². The molecule has 10 nitrogen and oxygen atoms in total. The minimum Gasteiger partial charge on any atom is -0.508 e. The molecule has 1 aliphatic heterocycles. The van der Waals surface area contributed by atoms with E-state index in [1.807, 2.05) is 0 Å². The highest BCUT2D eigenvalue weighted by molar-refractivity contribution is 5.92. The number of carbonyl (C=O) groups is 2. The number of amides is 2. The van der Waals surface area contributed by atoms with Gasteiger partial charge in [0.1, 0.15) is 24.3 Å². The van der Waals surface area contributed by atoms with Crippen molar-refractivity contribution >= 4 is 11.8 Å². The van der Waals surface area contributed by atoms with E-state index in [-0.39, 0.29) is 29.1 Å². The summed E-state index contributed by atoms with van der Waals surface area (Å²) in [6.07, 6.45) is 4.69. The van der Waals surface area contributed by atoms with E-state index in [0.717, 1.165) is 31.2 Å². The van der Waals surface area contributed by atoms with Crippen LogP contribution in [0.25, 0.3) is 0 Å². The Morgan fingerprint density at radius 2 is 1.97 bits per heavy atom. The molecule has 1 fully saturated rings. The number of primary amides is 1. The number of aromatic nitrogens is 2. The van der Waals surface area contributed by atoms with Crippen molar-refractivity contribution in [2.45, 2.75) is 31.3 Å². The molecule has 1 aromatic carbocycles. The predicted octanol–water partition coefficient (Wildman–Crippen LogP) is 1.61. The Bertz CT molecular complexity index is 1040. The second kappa shape index (κ2) is 8.37. The molecule has 3 heterocycles. The highest BCUT2D eigenvalue weighted by Gasteiger charge is 2.26. The third kappa shape index (κ3) is 4.33. The summed E-state index contributed by atoms with van der Waals surface area (Å²) < 4.78 is 10.8. The lowest BCUT2D eigenvalue weighted by Gasteiger charge is -2.15. The van der Waals surface area contributed by atoms with Crippen molar-refractivity contribution in [3.63, 3.8) is 0 Å². The average molecular weight is 411 g/mol. The van der Waals surface area contributed by atoms with Gasteiger partial charge in [0.15, 0.2) is 11.4 Å². The molecule has 5 N–H and O–H groups in total. The summed E-state index contributed by atoms with van der Waals surface area (Å²) in [6, 6.07) is 5.82. The van der Waals surface area contributed by atoms with Gasteiger partial charge in [0.2, 0.25) is 11.8 Å². The van der Waals surface area contributed by atoms with Crippen molar-refractivity contribution in [3.05, 3.63) is 65.5 Å². The zero-order chi connectivity index (χ0) is 21.1. The van der Waals surface area contributed by atoms with Gasteiger partial charge in [-0.25, -0.2) is 9.97 Å². The summed E-state index contributed by atoms with van der Waals surface area (Å²) in [7, 11) is 0. The fourth-order valence-electron chi connectivity index (χ4n) is 3.31. The van der Waals surface area contributed by atoms with E-state index in [1.165, 1.54) is 18.4 Å². The minimum atomic E-state index is -0.732. The lowest BCUT2D eigenvalue weighted by Crippen LogP contribution is -2.30. The van der Waals surface area contributed by atoms with Gasteiger partial charge in [-0.15, -0.1) is 0 Å². The van der Waals surface area contributed by atoms with Crippen LogP contribution in [0.15, 0.2) is 45.6 Å². The lowest BCUT2D eigenvalue weighted by atomic mass is 10.1. The summed E-state index contributed by atoms with van der Waals surface area (Å²) >= 11 is 0. The van der Waals surface area contributed by atoms with E-state index in [1.54, 1.807) is 12.1 Å². The maximum atomic E-state index is 12.8. The molecule has 1 aliphatic rings. The molecule has 156 valence electrons. The molecule has 30 heavy (non-hydrogen) atoms. The largest absolute Gasteiger partial charge is 0.508 e. The quantitative estimate of drug-likeness (QED) is 0.457. The predicted molar refractivity (Wildman–Crippen MR) is 104 cm³/mol. The first-order valence-electron chi connectivity index (χ1n) is 9.52. The van der Waals surface area contributed by atoms with Gasteiger partial charge in [0, 0.05) is 6.42 Å². The Kier molecular flexibility index (Phi) is 5.48. The number of rotatable bonds is 7. The number of nitrogens with two attached hydrogens (primary N) is 1. The molecule has 2 aromatic heterocycles. The number of hydrogen-bond donors (Lipinski definition) is 4. The Balaban J connectivity index is 1.54. The molecule has 0 radical (unpaired) electrons. The molecule has 0 bridgehead atoms. The molecule has 0 spiro atoms. The molecular formula is C20H21N5O5. The summed E-state index contributed by atoms with van der Waals surface area (Å²) in [4.78, 5) is 32.5. The van der Waals surface area contributed by atoms with Crippen molar-refractivity contribution in [1.29, 1.82) is 0 Å². The van der Waals surface area contributed by atoms with E-state index >= 15 is 0 Å². The van der Waals surface area contributed by atoms with E-state index in [4.69, 9.17) is 14.6 Å². The lowest BCUT2D eigenvalue weighted by molar-refractivity contribution is 0.0924. The van der Waals surface area contributed by atoms with E-state index < -0.39 is 17.9 Å². The summed E-state index contributed by atoms with van der Waals surface area (Å²) in [6.45, 7) is 0.885. The molecule has 3 aromatic rings. The van der Waals surface area contributed by atoms with Crippen molar-refractivity contribution in [3.8, 4) is 5.75 Å². The second-order valence-electron chi connectivity index (χ2n) is 7.05. The van der Waals surface area contributed by atoms with Crippen LogP contribution in [0.2, 0.25) is 0 Å². The van der Waals surface area contributed by atoms with Crippen LogP contribution in [0.4, 0.5) is 0 Å². The monoisotopic (exact) mass is 411 g/mol. The second-order valence-corrected chi connectivity index (χ2v) is 7.05. The van der Waals surface area contributed by atoms with Crippen molar-refractivity contribution in [2.24, 2.45) is 5.73 Å². The van der Waals surface area contributed by atoms with Gasteiger partial charge in [0.05, 0.1) is 6.04 Å². The van der Waals surface area contributed by atoms with Crippen LogP contribution in [-0.4, -0.2) is 33.4 Å². The smallest absolute Gasteiger partial charge is 0.273 e. The molecular weight excluding hydrogens is 390 g/mol. The number of hydrogen-bond acceptors (Lipinski definition) is 8. The van der Waals surface area contributed by atoms with E-state index in [2.05, 4.69) is 20.6 Å². The van der Waals surface area contributed by atoms with E-state index in [9.17, 15) is 14.7 Å². The van der Waals surface area contributed by atoms with Crippen LogP contribution in [0, 0.1) is 0 Å². The zero-order valence-electron chi connectivity index (χ0n) is 16.0. The highest BCUT2D eigenvalue weighted by Crippen LogP contribution is 2.23. The number of carbonyl (C=O) groups excluding carboxylic acids is 2. The number of oxazole rings is 2. The number of phenols is 1. The number of nitrogens with one attached hydrogen (secondary N) is 2. The van der Waals surface area contributed by atoms with E-state index in [0.29, 0.717) is 12.3 Å². The number of phenolic OH excluding ortho intramolecular Hbond substituents is 1. The van der Waals surface area contributed by atoms with Gasteiger partial charge in [-0.2, -0.15) is 0 Å². The maximum absolute atomic E-state index is 12.8. The molecule has 1 saturated heterocycles. The molecule has 2 amide bonds. The molecule has 0 unspecified atom stereocenters. The van der Waals surface area contributed by atoms with Crippen molar-refractivity contribution in [1.82, 2.24) is 20.6 Å². The van der Waals surface area contributed by atoms with Crippen LogP contribution >= 0.6 is 0 Å². The first kappa shape index (κ1) is 19.6. The fraction of sp³-hybridized carbons (Fsp3) is 0.300. The van der Waals surface area contributed by atoms with Crippen LogP contribution < -0.4 is 16.4 Å². The SMILES string of the molecule is NC(=O)c1coc([C@H](Cc2ccc(O)cc2)NC(=O)c2coc([C@@H]3CCCN3)n2)n1. The summed E-state index contributed by atoms with van der Waals surface area (Å²) in [5, 5.41) is 15.6. The highest BCUT2D eigenvalue weighted by atomic mass is 16.3. The normalized spacial score (nSPS) is 17.0.